The third-order valence-corrected chi connectivity index (χ3v) is 3.15. The molecule has 2 aromatic rings. The maximum atomic E-state index is 13.5. The van der Waals surface area contributed by atoms with E-state index in [-0.39, 0.29) is 5.69 Å². The van der Waals surface area contributed by atoms with Gasteiger partial charge in [0.2, 0.25) is 0 Å². The number of hydrogen-bond donors (Lipinski definition) is 1. The highest BCUT2D eigenvalue weighted by atomic mass is 19.2. The van der Waals surface area contributed by atoms with Crippen LogP contribution < -0.4 is 10.1 Å². The topological polar surface area (TPSA) is 34.1 Å². The standard InChI is InChI=1S/C15H16F2N2O/c1-9-7-18-13(10(2)15(9)20-3)8-19-12-6-4-5-11(16)14(12)17/h4-7,19H,8H2,1-3H3. The van der Waals surface area contributed by atoms with Crippen molar-refractivity contribution in [2.75, 3.05) is 12.4 Å². The molecule has 106 valence electrons. The Morgan fingerprint density at radius 3 is 2.70 bits per heavy atom. The molecule has 1 aromatic carbocycles. The summed E-state index contributed by atoms with van der Waals surface area (Å²) in [4.78, 5) is 4.29. The number of aromatic nitrogens is 1. The van der Waals surface area contributed by atoms with Crippen molar-refractivity contribution in [3.8, 4) is 5.75 Å². The smallest absolute Gasteiger partial charge is 0.181 e. The van der Waals surface area contributed by atoms with Crippen molar-refractivity contribution >= 4 is 5.69 Å². The van der Waals surface area contributed by atoms with Crippen molar-refractivity contribution in [2.45, 2.75) is 20.4 Å². The zero-order chi connectivity index (χ0) is 14.7. The summed E-state index contributed by atoms with van der Waals surface area (Å²) < 4.78 is 31.9. The molecule has 0 saturated carbocycles. The number of pyridine rings is 1. The molecule has 0 amide bonds. The number of halogens is 2. The van der Waals surface area contributed by atoms with Crippen LogP contribution in [0.5, 0.6) is 5.75 Å². The molecular weight excluding hydrogens is 262 g/mol. The van der Waals surface area contributed by atoms with E-state index in [0.29, 0.717) is 6.54 Å². The van der Waals surface area contributed by atoms with Gasteiger partial charge in [0, 0.05) is 17.3 Å². The molecule has 0 aliphatic carbocycles. The molecule has 0 aliphatic heterocycles. The van der Waals surface area contributed by atoms with E-state index >= 15 is 0 Å². The minimum Gasteiger partial charge on any atom is -0.496 e. The van der Waals surface area contributed by atoms with Crippen LogP contribution in [-0.4, -0.2) is 12.1 Å². The lowest BCUT2D eigenvalue weighted by Crippen LogP contribution is -2.07. The zero-order valence-electron chi connectivity index (χ0n) is 11.6. The third kappa shape index (κ3) is 2.71. The van der Waals surface area contributed by atoms with E-state index in [1.807, 2.05) is 13.8 Å². The van der Waals surface area contributed by atoms with Crippen LogP contribution in [0.2, 0.25) is 0 Å². The van der Waals surface area contributed by atoms with Crippen LogP contribution >= 0.6 is 0 Å². The summed E-state index contributed by atoms with van der Waals surface area (Å²) in [5.74, 6) is -0.998. The maximum absolute atomic E-state index is 13.5. The van der Waals surface area contributed by atoms with Crippen LogP contribution in [0.25, 0.3) is 0 Å². The molecule has 0 radical (unpaired) electrons. The SMILES string of the molecule is COc1c(C)cnc(CNc2cccc(F)c2F)c1C. The number of nitrogens with zero attached hydrogens (tertiary/aromatic N) is 1. The summed E-state index contributed by atoms with van der Waals surface area (Å²) in [5, 5.41) is 2.85. The second-order valence-electron chi connectivity index (χ2n) is 4.50. The van der Waals surface area contributed by atoms with Gasteiger partial charge in [0.05, 0.1) is 25.0 Å². The lowest BCUT2D eigenvalue weighted by molar-refractivity contribution is 0.407. The van der Waals surface area contributed by atoms with Crippen molar-refractivity contribution in [1.82, 2.24) is 4.98 Å². The highest BCUT2D eigenvalue weighted by Crippen LogP contribution is 2.25. The van der Waals surface area contributed by atoms with Crippen LogP contribution in [0.1, 0.15) is 16.8 Å². The average molecular weight is 278 g/mol. The zero-order valence-corrected chi connectivity index (χ0v) is 11.6. The minimum atomic E-state index is -0.885. The molecule has 0 aliphatic rings. The van der Waals surface area contributed by atoms with Crippen molar-refractivity contribution < 1.29 is 13.5 Å². The summed E-state index contributed by atoms with van der Waals surface area (Å²) in [6.07, 6.45) is 1.70. The molecule has 1 aromatic heterocycles. The fourth-order valence-corrected chi connectivity index (χ4v) is 2.07. The number of aryl methyl sites for hydroxylation is 1. The molecule has 1 heterocycles. The van der Waals surface area contributed by atoms with E-state index < -0.39 is 11.6 Å². The maximum Gasteiger partial charge on any atom is 0.181 e. The Labute approximate surface area is 116 Å². The summed E-state index contributed by atoms with van der Waals surface area (Å²) in [6, 6.07) is 4.02. The van der Waals surface area contributed by atoms with Gasteiger partial charge in [-0.1, -0.05) is 6.07 Å². The second kappa shape index (κ2) is 5.86. The number of rotatable bonds is 4. The van der Waals surface area contributed by atoms with E-state index in [2.05, 4.69) is 10.3 Å². The Morgan fingerprint density at radius 1 is 1.25 bits per heavy atom. The molecule has 0 saturated heterocycles. The van der Waals surface area contributed by atoms with E-state index in [9.17, 15) is 8.78 Å². The molecule has 0 unspecified atom stereocenters. The number of benzene rings is 1. The fourth-order valence-electron chi connectivity index (χ4n) is 2.07. The minimum absolute atomic E-state index is 0.116. The molecule has 1 N–H and O–H groups in total. The largest absolute Gasteiger partial charge is 0.496 e. The average Bonchev–Trinajstić information content (AvgIpc) is 2.43. The van der Waals surface area contributed by atoms with Gasteiger partial charge in [0.15, 0.2) is 11.6 Å². The summed E-state index contributed by atoms with van der Waals surface area (Å²) in [6.45, 7) is 4.09. The van der Waals surface area contributed by atoms with Crippen LogP contribution in [-0.2, 0) is 6.54 Å². The van der Waals surface area contributed by atoms with Gasteiger partial charge in [-0.05, 0) is 26.0 Å². The van der Waals surface area contributed by atoms with Crippen molar-refractivity contribution in [3.63, 3.8) is 0 Å². The number of methoxy groups -OCH3 is 1. The van der Waals surface area contributed by atoms with Crippen molar-refractivity contribution in [3.05, 3.63) is 52.9 Å². The first-order valence-electron chi connectivity index (χ1n) is 6.21. The fraction of sp³-hybridized carbons (Fsp3) is 0.267. The number of hydrogen-bond acceptors (Lipinski definition) is 3. The van der Waals surface area contributed by atoms with Gasteiger partial charge in [-0.25, -0.2) is 8.78 Å². The quantitative estimate of drug-likeness (QED) is 0.928. The van der Waals surface area contributed by atoms with E-state index in [0.717, 1.165) is 28.6 Å². The Bertz CT molecular complexity index is 630. The predicted octanol–water partition coefficient (Wildman–Crippen LogP) is 3.60. The van der Waals surface area contributed by atoms with E-state index in [4.69, 9.17) is 4.74 Å². The monoisotopic (exact) mass is 278 g/mol. The van der Waals surface area contributed by atoms with Gasteiger partial charge in [-0.3, -0.25) is 4.98 Å². The Kier molecular flexibility index (Phi) is 4.17. The lowest BCUT2D eigenvalue weighted by Gasteiger charge is -2.13. The summed E-state index contributed by atoms with van der Waals surface area (Å²) in [5.41, 5.74) is 2.67. The van der Waals surface area contributed by atoms with Crippen LogP contribution in [0, 0.1) is 25.5 Å². The number of anilines is 1. The first-order chi connectivity index (χ1) is 9.54. The van der Waals surface area contributed by atoms with E-state index in [1.54, 1.807) is 13.3 Å². The van der Waals surface area contributed by atoms with Gasteiger partial charge < -0.3 is 10.1 Å². The first kappa shape index (κ1) is 14.2. The summed E-state index contributed by atoms with van der Waals surface area (Å²) in [7, 11) is 1.60. The van der Waals surface area contributed by atoms with Gasteiger partial charge in [0.25, 0.3) is 0 Å². The Morgan fingerprint density at radius 2 is 2.00 bits per heavy atom. The molecule has 5 heteroatoms. The van der Waals surface area contributed by atoms with Crippen molar-refractivity contribution in [2.24, 2.45) is 0 Å². The predicted molar refractivity (Wildman–Crippen MR) is 73.9 cm³/mol. The Hall–Kier alpha value is -2.17. The molecule has 0 fully saturated rings. The van der Waals surface area contributed by atoms with Crippen LogP contribution in [0.3, 0.4) is 0 Å². The molecule has 0 atom stereocenters. The highest BCUT2D eigenvalue weighted by molar-refractivity contribution is 5.47. The van der Waals surface area contributed by atoms with Gasteiger partial charge in [-0.15, -0.1) is 0 Å². The lowest BCUT2D eigenvalue weighted by atomic mass is 10.1. The van der Waals surface area contributed by atoms with Gasteiger partial charge >= 0.3 is 0 Å². The molecular formula is C15H16F2N2O. The van der Waals surface area contributed by atoms with Gasteiger partial charge in [0.1, 0.15) is 5.75 Å². The van der Waals surface area contributed by atoms with E-state index in [1.165, 1.54) is 12.1 Å². The highest BCUT2D eigenvalue weighted by Gasteiger charge is 2.11. The Balaban J connectivity index is 2.21. The number of ether oxygens (including phenoxy) is 1. The van der Waals surface area contributed by atoms with Crippen LogP contribution in [0.4, 0.5) is 14.5 Å². The molecule has 0 spiro atoms. The molecule has 3 nitrogen and oxygen atoms in total. The third-order valence-electron chi connectivity index (χ3n) is 3.15. The molecule has 2 rings (SSSR count). The normalized spacial score (nSPS) is 10.4. The number of nitrogens with one attached hydrogen (secondary N) is 1. The van der Waals surface area contributed by atoms with Gasteiger partial charge in [-0.2, -0.15) is 0 Å². The first-order valence-corrected chi connectivity index (χ1v) is 6.21. The summed E-state index contributed by atoms with van der Waals surface area (Å²) >= 11 is 0. The second-order valence-corrected chi connectivity index (χ2v) is 4.50. The molecule has 0 bridgehead atoms. The van der Waals surface area contributed by atoms with Crippen molar-refractivity contribution in [1.29, 1.82) is 0 Å². The molecule has 20 heavy (non-hydrogen) atoms. The van der Waals surface area contributed by atoms with Crippen LogP contribution in [0.15, 0.2) is 24.4 Å².